The van der Waals surface area contributed by atoms with Crippen molar-refractivity contribution in [2.24, 2.45) is 11.3 Å². The minimum Gasteiger partial charge on any atom is -0.355 e. The monoisotopic (exact) mass is 321 g/mol. The summed E-state index contributed by atoms with van der Waals surface area (Å²) in [5.41, 5.74) is -0.0525. The average molecular weight is 321 g/mol. The van der Waals surface area contributed by atoms with Crippen LogP contribution in [-0.2, 0) is 14.4 Å². The van der Waals surface area contributed by atoms with Crippen molar-refractivity contribution in [3.8, 4) is 0 Å². The molecule has 0 aromatic rings. The molecule has 3 amide bonds. The minimum atomic E-state index is -0.129. The molecule has 6 nitrogen and oxygen atoms in total. The molecule has 3 aliphatic rings. The summed E-state index contributed by atoms with van der Waals surface area (Å²) in [6, 6.07) is -0.129. The van der Waals surface area contributed by atoms with Gasteiger partial charge in [0.25, 0.3) is 0 Å². The van der Waals surface area contributed by atoms with Crippen molar-refractivity contribution >= 4 is 17.7 Å². The van der Waals surface area contributed by atoms with E-state index in [0.29, 0.717) is 25.9 Å². The lowest BCUT2D eigenvalue weighted by Gasteiger charge is -2.23. The molecule has 1 spiro atoms. The summed E-state index contributed by atoms with van der Waals surface area (Å²) in [6.45, 7) is 3.96. The van der Waals surface area contributed by atoms with Gasteiger partial charge in [-0.25, -0.2) is 0 Å². The van der Waals surface area contributed by atoms with Gasteiger partial charge in [-0.15, -0.1) is 0 Å². The maximum Gasteiger partial charge on any atom is 0.224 e. The lowest BCUT2D eigenvalue weighted by molar-refractivity contribution is -0.131. The summed E-state index contributed by atoms with van der Waals surface area (Å²) in [7, 11) is 0. The number of hydrogen-bond acceptors (Lipinski definition) is 3. The number of likely N-dealkylation sites (tertiary alicyclic amines) is 1. The summed E-state index contributed by atoms with van der Waals surface area (Å²) in [6.07, 6.45) is 5.98. The Labute approximate surface area is 137 Å². The molecule has 0 bridgehead atoms. The van der Waals surface area contributed by atoms with Crippen molar-refractivity contribution in [3.05, 3.63) is 0 Å². The Morgan fingerprint density at radius 2 is 2.13 bits per heavy atom. The summed E-state index contributed by atoms with van der Waals surface area (Å²) < 4.78 is 0. The molecule has 128 valence electrons. The molecule has 2 aliphatic heterocycles. The van der Waals surface area contributed by atoms with Crippen molar-refractivity contribution in [2.45, 2.75) is 57.9 Å². The third-order valence-electron chi connectivity index (χ3n) is 5.58. The Morgan fingerprint density at radius 3 is 2.78 bits per heavy atom. The van der Waals surface area contributed by atoms with Crippen molar-refractivity contribution < 1.29 is 14.4 Å². The fraction of sp³-hybridized carbons (Fsp3) is 0.824. The first-order chi connectivity index (χ1) is 11.0. The first-order valence-electron chi connectivity index (χ1n) is 8.82. The number of rotatable bonds is 4. The molecule has 2 unspecified atom stereocenters. The Bertz CT molecular complexity index is 501. The second-order valence-corrected chi connectivity index (χ2v) is 7.61. The van der Waals surface area contributed by atoms with Gasteiger partial charge in [0.2, 0.25) is 17.7 Å². The molecule has 0 aromatic carbocycles. The van der Waals surface area contributed by atoms with Crippen LogP contribution in [0.5, 0.6) is 0 Å². The molecule has 0 aromatic heterocycles. The van der Waals surface area contributed by atoms with E-state index in [1.54, 1.807) is 0 Å². The van der Waals surface area contributed by atoms with Crippen LogP contribution >= 0.6 is 0 Å². The number of nitrogens with zero attached hydrogens (tertiary/aromatic N) is 1. The molecule has 23 heavy (non-hydrogen) atoms. The predicted octanol–water partition coefficient (Wildman–Crippen LogP) is 0.810. The number of amides is 3. The Hall–Kier alpha value is -1.59. The third-order valence-corrected chi connectivity index (χ3v) is 5.58. The highest BCUT2D eigenvalue weighted by atomic mass is 16.2. The highest BCUT2D eigenvalue weighted by Gasteiger charge is 2.45. The average Bonchev–Trinajstić information content (AvgIpc) is 3.22. The molecule has 2 atom stereocenters. The summed E-state index contributed by atoms with van der Waals surface area (Å²) in [4.78, 5) is 37.9. The first-order valence-corrected chi connectivity index (χ1v) is 8.82. The van der Waals surface area contributed by atoms with E-state index in [0.717, 1.165) is 38.6 Å². The normalized spacial score (nSPS) is 29.1. The summed E-state index contributed by atoms with van der Waals surface area (Å²) >= 11 is 0. The first kappa shape index (κ1) is 16.3. The molecule has 3 rings (SSSR count). The molecule has 2 N–H and O–H groups in total. The topological polar surface area (TPSA) is 78.5 Å². The second-order valence-electron chi connectivity index (χ2n) is 7.61. The van der Waals surface area contributed by atoms with Crippen LogP contribution in [-0.4, -0.2) is 48.3 Å². The molecule has 3 fully saturated rings. The van der Waals surface area contributed by atoms with Gasteiger partial charge in [-0.1, -0.05) is 12.8 Å². The highest BCUT2D eigenvalue weighted by molar-refractivity contribution is 5.82. The van der Waals surface area contributed by atoms with Crippen molar-refractivity contribution in [1.29, 1.82) is 0 Å². The van der Waals surface area contributed by atoms with Gasteiger partial charge in [0, 0.05) is 49.9 Å². The van der Waals surface area contributed by atoms with Crippen LogP contribution in [0, 0.1) is 11.3 Å². The number of carbonyl (C=O) groups is 3. The predicted molar refractivity (Wildman–Crippen MR) is 85.4 cm³/mol. The fourth-order valence-electron chi connectivity index (χ4n) is 4.18. The summed E-state index contributed by atoms with van der Waals surface area (Å²) in [5.74, 6) is 0.418. The van der Waals surface area contributed by atoms with Crippen molar-refractivity contribution in [3.63, 3.8) is 0 Å². The van der Waals surface area contributed by atoms with Crippen LogP contribution in [0.15, 0.2) is 0 Å². The number of nitrogens with one attached hydrogen (secondary N) is 2. The lowest BCUT2D eigenvalue weighted by atomic mass is 9.86. The zero-order chi connectivity index (χ0) is 16.4. The van der Waals surface area contributed by atoms with Crippen LogP contribution < -0.4 is 10.6 Å². The fourth-order valence-corrected chi connectivity index (χ4v) is 4.18. The van der Waals surface area contributed by atoms with Gasteiger partial charge in [0.15, 0.2) is 0 Å². The van der Waals surface area contributed by atoms with Gasteiger partial charge in [0.1, 0.15) is 0 Å². The number of hydrogen-bond donors (Lipinski definition) is 2. The smallest absolute Gasteiger partial charge is 0.224 e. The third kappa shape index (κ3) is 3.67. The molecule has 1 saturated carbocycles. The van der Waals surface area contributed by atoms with Gasteiger partial charge < -0.3 is 15.5 Å². The molecular formula is C17H27N3O3. The molecular weight excluding hydrogens is 294 g/mol. The largest absolute Gasteiger partial charge is 0.355 e. The lowest BCUT2D eigenvalue weighted by Crippen LogP contribution is -2.41. The zero-order valence-corrected chi connectivity index (χ0v) is 13.9. The van der Waals surface area contributed by atoms with E-state index in [-0.39, 0.29) is 35.1 Å². The van der Waals surface area contributed by atoms with Crippen LogP contribution in [0.2, 0.25) is 0 Å². The summed E-state index contributed by atoms with van der Waals surface area (Å²) in [5, 5.41) is 5.87. The van der Waals surface area contributed by atoms with Gasteiger partial charge in [-0.2, -0.15) is 0 Å². The van der Waals surface area contributed by atoms with E-state index >= 15 is 0 Å². The van der Waals surface area contributed by atoms with E-state index in [1.807, 2.05) is 11.8 Å². The van der Waals surface area contributed by atoms with Crippen molar-refractivity contribution in [2.75, 3.05) is 19.6 Å². The Kier molecular flexibility index (Phi) is 4.60. The van der Waals surface area contributed by atoms with Gasteiger partial charge >= 0.3 is 0 Å². The molecule has 6 heteroatoms. The molecule has 2 saturated heterocycles. The number of carbonyl (C=O) groups excluding carboxylic acids is 3. The Balaban J connectivity index is 1.45. The molecule has 2 heterocycles. The van der Waals surface area contributed by atoms with Gasteiger partial charge in [-0.3, -0.25) is 14.4 Å². The van der Waals surface area contributed by atoms with E-state index in [9.17, 15) is 14.4 Å². The van der Waals surface area contributed by atoms with Crippen LogP contribution in [0.25, 0.3) is 0 Å². The van der Waals surface area contributed by atoms with E-state index in [4.69, 9.17) is 0 Å². The van der Waals surface area contributed by atoms with Gasteiger partial charge in [0.05, 0.1) is 0 Å². The van der Waals surface area contributed by atoms with Crippen molar-refractivity contribution in [1.82, 2.24) is 15.5 Å². The van der Waals surface area contributed by atoms with E-state index < -0.39 is 0 Å². The molecule has 0 radical (unpaired) electrons. The maximum absolute atomic E-state index is 12.4. The maximum atomic E-state index is 12.4. The Morgan fingerprint density at radius 1 is 1.39 bits per heavy atom. The highest BCUT2D eigenvalue weighted by Crippen LogP contribution is 2.36. The second kappa shape index (κ2) is 6.49. The van der Waals surface area contributed by atoms with Crippen LogP contribution in [0.4, 0.5) is 0 Å². The SMILES string of the molecule is CC(CC(=O)N1CCC2(CNC(=O)C2)C1)NC(=O)C1CCCC1. The van der Waals surface area contributed by atoms with Crippen LogP contribution in [0.1, 0.15) is 51.9 Å². The van der Waals surface area contributed by atoms with Gasteiger partial charge in [-0.05, 0) is 26.2 Å². The standard InChI is InChI=1S/C17H27N3O3/c1-12(19-16(23)13-4-2-3-5-13)8-15(22)20-7-6-17(11-20)9-14(21)18-10-17/h12-13H,2-11H2,1H3,(H,18,21)(H,19,23). The minimum absolute atomic E-state index is 0.0525. The quantitative estimate of drug-likeness (QED) is 0.804. The molecule has 1 aliphatic carbocycles. The zero-order valence-electron chi connectivity index (χ0n) is 13.9. The van der Waals surface area contributed by atoms with E-state index in [1.165, 1.54) is 0 Å². The van der Waals surface area contributed by atoms with E-state index in [2.05, 4.69) is 10.6 Å². The van der Waals surface area contributed by atoms with Crippen LogP contribution in [0.3, 0.4) is 0 Å².